The molecule has 5 nitrogen and oxygen atoms in total. The lowest BCUT2D eigenvalue weighted by Gasteiger charge is -2.05. The Bertz CT molecular complexity index is 750. The minimum atomic E-state index is 0.199. The van der Waals surface area contributed by atoms with Gasteiger partial charge in [0.15, 0.2) is 11.6 Å². The highest BCUT2D eigenvalue weighted by molar-refractivity contribution is 5.60. The van der Waals surface area contributed by atoms with Crippen LogP contribution in [0.25, 0.3) is 17.1 Å². The second-order valence-electron chi connectivity index (χ2n) is 4.56. The fraction of sp³-hybridized carbons (Fsp3) is 0.133. The standard InChI is InChI=1S/C15H14N4O/c1-10-15(20)11(2)19(18-10)14-8-13(16-9-17-14)12-6-4-3-5-7-12/h3-9,20H,1-2H3. The SMILES string of the molecule is Cc1nn(-c2cc(-c3ccccc3)ncn2)c(C)c1O. The molecule has 0 fully saturated rings. The van der Waals surface area contributed by atoms with Crippen molar-refractivity contribution in [1.82, 2.24) is 19.7 Å². The van der Waals surface area contributed by atoms with Gasteiger partial charge in [0.05, 0.1) is 11.4 Å². The van der Waals surface area contributed by atoms with Gasteiger partial charge in [0.1, 0.15) is 12.0 Å². The molecular weight excluding hydrogens is 252 g/mol. The van der Waals surface area contributed by atoms with Gasteiger partial charge in [-0.25, -0.2) is 14.6 Å². The summed E-state index contributed by atoms with van der Waals surface area (Å²) in [6.45, 7) is 3.57. The summed E-state index contributed by atoms with van der Waals surface area (Å²) in [6, 6.07) is 11.7. The van der Waals surface area contributed by atoms with Gasteiger partial charge in [-0.05, 0) is 13.8 Å². The molecule has 0 spiro atoms. The second-order valence-corrected chi connectivity index (χ2v) is 4.56. The first-order chi connectivity index (χ1) is 9.66. The van der Waals surface area contributed by atoms with Gasteiger partial charge in [-0.1, -0.05) is 30.3 Å². The zero-order chi connectivity index (χ0) is 14.1. The van der Waals surface area contributed by atoms with Crippen molar-refractivity contribution < 1.29 is 5.11 Å². The van der Waals surface area contributed by atoms with Crippen molar-refractivity contribution in [3.63, 3.8) is 0 Å². The Morgan fingerprint density at radius 1 is 1.05 bits per heavy atom. The van der Waals surface area contributed by atoms with Gasteiger partial charge in [0, 0.05) is 11.6 Å². The Morgan fingerprint density at radius 2 is 1.80 bits per heavy atom. The van der Waals surface area contributed by atoms with E-state index in [1.54, 1.807) is 18.5 Å². The summed E-state index contributed by atoms with van der Waals surface area (Å²) in [7, 11) is 0. The van der Waals surface area contributed by atoms with Crippen molar-refractivity contribution in [2.45, 2.75) is 13.8 Å². The minimum Gasteiger partial charge on any atom is -0.504 e. The van der Waals surface area contributed by atoms with Crippen LogP contribution in [0.5, 0.6) is 5.75 Å². The molecule has 2 aromatic heterocycles. The lowest BCUT2D eigenvalue weighted by molar-refractivity contribution is 0.466. The van der Waals surface area contributed by atoms with Crippen LogP contribution in [0.2, 0.25) is 0 Å². The van der Waals surface area contributed by atoms with E-state index in [1.165, 1.54) is 6.33 Å². The number of aromatic hydroxyl groups is 1. The monoisotopic (exact) mass is 266 g/mol. The molecule has 0 saturated heterocycles. The summed E-state index contributed by atoms with van der Waals surface area (Å²) in [5, 5.41) is 14.1. The Kier molecular flexibility index (Phi) is 2.95. The molecule has 0 amide bonds. The van der Waals surface area contributed by atoms with Crippen molar-refractivity contribution in [3.05, 3.63) is 54.1 Å². The van der Waals surface area contributed by atoms with Crippen LogP contribution in [0.4, 0.5) is 0 Å². The van der Waals surface area contributed by atoms with E-state index in [2.05, 4.69) is 15.1 Å². The molecule has 1 aromatic carbocycles. The zero-order valence-electron chi connectivity index (χ0n) is 11.3. The Hall–Kier alpha value is -2.69. The van der Waals surface area contributed by atoms with Crippen LogP contribution in [0.3, 0.4) is 0 Å². The van der Waals surface area contributed by atoms with E-state index in [4.69, 9.17) is 0 Å². The quantitative estimate of drug-likeness (QED) is 0.774. The molecular formula is C15H14N4O. The molecule has 100 valence electrons. The molecule has 1 N–H and O–H groups in total. The molecule has 0 bridgehead atoms. The van der Waals surface area contributed by atoms with Gasteiger partial charge < -0.3 is 5.11 Å². The van der Waals surface area contributed by atoms with Crippen LogP contribution >= 0.6 is 0 Å². The smallest absolute Gasteiger partial charge is 0.160 e. The topological polar surface area (TPSA) is 63.8 Å². The highest BCUT2D eigenvalue weighted by Crippen LogP contribution is 2.24. The molecule has 2 heterocycles. The van der Waals surface area contributed by atoms with E-state index >= 15 is 0 Å². The van der Waals surface area contributed by atoms with Crippen molar-refractivity contribution in [2.24, 2.45) is 0 Å². The average molecular weight is 266 g/mol. The van der Waals surface area contributed by atoms with Gasteiger partial charge in [-0.2, -0.15) is 5.10 Å². The van der Waals surface area contributed by atoms with Crippen LogP contribution in [0, 0.1) is 13.8 Å². The minimum absolute atomic E-state index is 0.199. The number of rotatable bonds is 2. The van der Waals surface area contributed by atoms with Crippen LogP contribution in [0.1, 0.15) is 11.4 Å². The van der Waals surface area contributed by atoms with Gasteiger partial charge in [-0.3, -0.25) is 0 Å². The van der Waals surface area contributed by atoms with Crippen molar-refractivity contribution in [1.29, 1.82) is 0 Å². The first-order valence-corrected chi connectivity index (χ1v) is 6.30. The summed E-state index contributed by atoms with van der Waals surface area (Å²) >= 11 is 0. The predicted octanol–water partition coefficient (Wildman–Crippen LogP) is 2.65. The van der Waals surface area contributed by atoms with Gasteiger partial charge in [-0.15, -0.1) is 0 Å². The maximum absolute atomic E-state index is 9.85. The largest absolute Gasteiger partial charge is 0.504 e. The molecule has 3 rings (SSSR count). The maximum Gasteiger partial charge on any atom is 0.160 e. The number of hydrogen-bond acceptors (Lipinski definition) is 4. The molecule has 3 aromatic rings. The fourth-order valence-corrected chi connectivity index (χ4v) is 2.09. The van der Waals surface area contributed by atoms with Gasteiger partial charge >= 0.3 is 0 Å². The first kappa shape index (κ1) is 12.3. The van der Waals surface area contributed by atoms with Crippen molar-refractivity contribution >= 4 is 0 Å². The summed E-state index contributed by atoms with van der Waals surface area (Å²) in [5.41, 5.74) is 3.09. The van der Waals surface area contributed by atoms with E-state index in [0.717, 1.165) is 11.3 Å². The van der Waals surface area contributed by atoms with E-state index in [-0.39, 0.29) is 5.75 Å². The Morgan fingerprint density at radius 3 is 2.45 bits per heavy atom. The third kappa shape index (κ3) is 2.03. The lowest BCUT2D eigenvalue weighted by Crippen LogP contribution is -2.02. The van der Waals surface area contributed by atoms with Crippen LogP contribution in [-0.2, 0) is 0 Å². The zero-order valence-corrected chi connectivity index (χ0v) is 11.3. The predicted molar refractivity (Wildman–Crippen MR) is 75.7 cm³/mol. The molecule has 5 heteroatoms. The van der Waals surface area contributed by atoms with E-state index in [9.17, 15) is 5.11 Å². The van der Waals surface area contributed by atoms with Gasteiger partial charge in [0.2, 0.25) is 0 Å². The van der Waals surface area contributed by atoms with Crippen molar-refractivity contribution in [2.75, 3.05) is 0 Å². The summed E-state index contributed by atoms with van der Waals surface area (Å²) in [6.07, 6.45) is 1.51. The third-order valence-electron chi connectivity index (χ3n) is 3.19. The fourth-order valence-electron chi connectivity index (χ4n) is 2.09. The van der Waals surface area contributed by atoms with Gasteiger partial charge in [0.25, 0.3) is 0 Å². The van der Waals surface area contributed by atoms with E-state index in [0.29, 0.717) is 17.2 Å². The second kappa shape index (κ2) is 4.77. The maximum atomic E-state index is 9.85. The molecule has 0 saturated carbocycles. The average Bonchev–Trinajstić information content (AvgIpc) is 2.76. The number of aryl methyl sites for hydroxylation is 1. The molecule has 0 unspecified atom stereocenters. The number of nitrogens with zero attached hydrogens (tertiary/aromatic N) is 4. The van der Waals surface area contributed by atoms with E-state index in [1.807, 2.05) is 36.4 Å². The number of hydrogen-bond donors (Lipinski definition) is 1. The van der Waals surface area contributed by atoms with E-state index < -0.39 is 0 Å². The molecule has 0 aliphatic carbocycles. The van der Waals surface area contributed by atoms with Crippen LogP contribution in [-0.4, -0.2) is 24.9 Å². The molecule has 0 atom stereocenters. The molecule has 0 aliphatic heterocycles. The Labute approximate surface area is 116 Å². The normalized spacial score (nSPS) is 10.7. The highest BCUT2D eigenvalue weighted by atomic mass is 16.3. The number of aromatic nitrogens is 4. The van der Waals surface area contributed by atoms with Crippen LogP contribution in [0.15, 0.2) is 42.7 Å². The Balaban J connectivity index is 2.10. The lowest BCUT2D eigenvalue weighted by atomic mass is 10.1. The molecule has 0 radical (unpaired) electrons. The molecule has 0 aliphatic rings. The third-order valence-corrected chi connectivity index (χ3v) is 3.19. The first-order valence-electron chi connectivity index (χ1n) is 6.30. The summed E-state index contributed by atoms with van der Waals surface area (Å²) < 4.78 is 1.62. The summed E-state index contributed by atoms with van der Waals surface area (Å²) in [5.74, 6) is 0.838. The highest BCUT2D eigenvalue weighted by Gasteiger charge is 2.13. The number of benzene rings is 1. The van der Waals surface area contributed by atoms with Crippen LogP contribution < -0.4 is 0 Å². The van der Waals surface area contributed by atoms with Crippen molar-refractivity contribution in [3.8, 4) is 22.8 Å². The molecule has 20 heavy (non-hydrogen) atoms. The summed E-state index contributed by atoms with van der Waals surface area (Å²) in [4.78, 5) is 8.51.